The monoisotopic (exact) mass is 376 g/mol. The lowest BCUT2D eigenvalue weighted by molar-refractivity contribution is -0.121. The van der Waals surface area contributed by atoms with Crippen LogP contribution in [-0.4, -0.2) is 32.7 Å². The van der Waals surface area contributed by atoms with Gasteiger partial charge in [-0.3, -0.25) is 9.10 Å². The largest absolute Gasteiger partial charge is 0.350 e. The topological polar surface area (TPSA) is 66.5 Å². The number of rotatable bonds is 6. The Kier molecular flexibility index (Phi) is 6.21. The summed E-state index contributed by atoms with van der Waals surface area (Å²) in [5.74, 6) is -2.79. The van der Waals surface area contributed by atoms with Gasteiger partial charge in [-0.2, -0.15) is 0 Å². The summed E-state index contributed by atoms with van der Waals surface area (Å²) < 4.78 is 51.2. The van der Waals surface area contributed by atoms with Crippen molar-refractivity contribution in [1.29, 1.82) is 0 Å². The number of nitrogens with one attached hydrogen (secondary N) is 1. The van der Waals surface area contributed by atoms with E-state index in [1.54, 1.807) is 0 Å². The molecule has 1 amide bonds. The van der Waals surface area contributed by atoms with Gasteiger partial charge in [0.25, 0.3) is 0 Å². The average molecular weight is 376 g/mol. The summed E-state index contributed by atoms with van der Waals surface area (Å²) in [6, 6.07) is 2.70. The smallest absolute Gasteiger partial charge is 0.241 e. The Balaban J connectivity index is 3.00. The average Bonchev–Trinajstić information content (AvgIpc) is 2.34. The Morgan fingerprint density at radius 1 is 1.12 bits per heavy atom. The molecule has 0 aliphatic carbocycles. The van der Waals surface area contributed by atoms with Crippen molar-refractivity contribution in [2.24, 2.45) is 5.41 Å². The van der Waals surface area contributed by atoms with Crippen molar-refractivity contribution in [2.75, 3.05) is 17.1 Å². The molecule has 0 saturated carbocycles. The van der Waals surface area contributed by atoms with Crippen LogP contribution >= 0.6 is 0 Å². The van der Waals surface area contributed by atoms with E-state index in [1.165, 1.54) is 0 Å². The molecule has 1 aromatic rings. The van der Waals surface area contributed by atoms with Gasteiger partial charge in [0.05, 0.1) is 11.9 Å². The van der Waals surface area contributed by atoms with E-state index in [-0.39, 0.29) is 11.1 Å². The van der Waals surface area contributed by atoms with Crippen LogP contribution in [0.25, 0.3) is 0 Å². The predicted octanol–water partition coefficient (Wildman–Crippen LogP) is 3.06. The molecule has 25 heavy (non-hydrogen) atoms. The number of amides is 1. The highest BCUT2D eigenvalue weighted by Crippen LogP contribution is 2.27. The van der Waals surface area contributed by atoms with Gasteiger partial charge in [0.15, 0.2) is 11.6 Å². The molecule has 0 unspecified atom stereocenters. The van der Waals surface area contributed by atoms with Crippen molar-refractivity contribution in [3.05, 3.63) is 29.8 Å². The molecule has 0 bridgehead atoms. The minimum Gasteiger partial charge on any atom is -0.350 e. The molecule has 1 N–H and O–H groups in total. The summed E-state index contributed by atoms with van der Waals surface area (Å²) in [7, 11) is -3.85. The first kappa shape index (κ1) is 21.3. The van der Waals surface area contributed by atoms with Crippen molar-refractivity contribution in [1.82, 2.24) is 5.32 Å². The second kappa shape index (κ2) is 7.27. The van der Waals surface area contributed by atoms with Gasteiger partial charge in [-0.1, -0.05) is 20.8 Å². The quantitative estimate of drug-likeness (QED) is 0.830. The van der Waals surface area contributed by atoms with Crippen molar-refractivity contribution in [3.8, 4) is 0 Å². The molecule has 0 aromatic heterocycles. The minimum absolute atomic E-state index is 0.0343. The zero-order valence-electron chi connectivity index (χ0n) is 15.5. The molecule has 142 valence electrons. The van der Waals surface area contributed by atoms with Gasteiger partial charge in [0.2, 0.25) is 15.9 Å². The third-order valence-electron chi connectivity index (χ3n) is 3.33. The van der Waals surface area contributed by atoms with E-state index in [2.05, 4.69) is 5.32 Å². The molecule has 5 nitrogen and oxygen atoms in total. The van der Waals surface area contributed by atoms with Crippen LogP contribution in [0.4, 0.5) is 14.5 Å². The zero-order valence-corrected chi connectivity index (χ0v) is 16.3. The number of benzene rings is 1. The van der Waals surface area contributed by atoms with Crippen LogP contribution in [0.1, 0.15) is 41.0 Å². The van der Waals surface area contributed by atoms with Crippen molar-refractivity contribution < 1.29 is 22.0 Å². The first-order chi connectivity index (χ1) is 11.1. The lowest BCUT2D eigenvalue weighted by atomic mass is 9.82. The van der Waals surface area contributed by atoms with E-state index in [0.717, 1.165) is 28.8 Å². The molecule has 0 saturated heterocycles. The summed E-state index contributed by atoms with van der Waals surface area (Å²) in [5.41, 5.74) is -0.690. The number of carbonyl (C=O) groups excluding carboxylic acids is 1. The molecule has 0 aliphatic rings. The molecule has 8 heteroatoms. The summed E-state index contributed by atoms with van der Waals surface area (Å²) >= 11 is 0. The fourth-order valence-corrected chi connectivity index (χ4v) is 3.81. The van der Waals surface area contributed by atoms with E-state index in [0.29, 0.717) is 6.42 Å². The van der Waals surface area contributed by atoms with Crippen LogP contribution in [-0.2, 0) is 14.8 Å². The van der Waals surface area contributed by atoms with Crippen molar-refractivity contribution in [2.45, 2.75) is 46.6 Å². The van der Waals surface area contributed by atoms with E-state index in [9.17, 15) is 22.0 Å². The third kappa shape index (κ3) is 6.97. The number of hydrogen-bond donors (Lipinski definition) is 1. The maximum atomic E-state index is 13.4. The summed E-state index contributed by atoms with van der Waals surface area (Å²) in [5, 5.41) is 2.80. The van der Waals surface area contributed by atoms with E-state index in [4.69, 9.17) is 0 Å². The first-order valence-electron chi connectivity index (χ1n) is 7.84. The normalized spacial score (nSPS) is 12.8. The lowest BCUT2D eigenvalue weighted by Crippen LogP contribution is -2.50. The molecule has 0 spiro atoms. The third-order valence-corrected chi connectivity index (χ3v) is 4.47. The van der Waals surface area contributed by atoms with Gasteiger partial charge in [-0.15, -0.1) is 0 Å². The molecule has 1 aromatic carbocycles. The second-order valence-electron chi connectivity index (χ2n) is 8.04. The fraction of sp³-hybridized carbons (Fsp3) is 0.588. The molecule has 0 heterocycles. The summed E-state index contributed by atoms with van der Waals surface area (Å²) in [6.45, 7) is 9.27. The fourth-order valence-electron chi connectivity index (χ4n) is 2.96. The van der Waals surface area contributed by atoms with Gasteiger partial charge in [0.1, 0.15) is 6.54 Å². The molecule has 0 atom stereocenters. The Bertz CT molecular complexity index is 741. The highest BCUT2D eigenvalue weighted by molar-refractivity contribution is 7.92. The Morgan fingerprint density at radius 2 is 1.68 bits per heavy atom. The molecular formula is C17H26F2N2O3S. The van der Waals surface area contributed by atoms with Gasteiger partial charge in [-0.05, 0) is 37.8 Å². The molecular weight excluding hydrogens is 350 g/mol. The SMILES string of the molecule is CC(C)(C)CC(C)(C)NC(=O)CN(c1ccc(F)c(F)c1)S(C)(=O)=O. The Morgan fingerprint density at radius 3 is 2.12 bits per heavy atom. The maximum absolute atomic E-state index is 13.4. The standard InChI is InChI=1S/C17H26F2N2O3S/c1-16(2,3)11-17(4,5)20-15(22)10-21(25(6,23)24)12-7-8-13(18)14(19)9-12/h7-9H,10-11H2,1-6H3,(H,20,22). The van der Waals surface area contributed by atoms with Crippen molar-refractivity contribution in [3.63, 3.8) is 0 Å². The number of nitrogens with zero attached hydrogens (tertiary/aromatic N) is 1. The van der Waals surface area contributed by atoms with E-state index < -0.39 is 39.6 Å². The number of halogens is 2. The zero-order chi connectivity index (χ0) is 19.6. The van der Waals surface area contributed by atoms with Crippen molar-refractivity contribution >= 4 is 21.6 Å². The number of hydrogen-bond acceptors (Lipinski definition) is 3. The highest BCUT2D eigenvalue weighted by Gasteiger charge is 2.29. The Labute approximate surface area is 148 Å². The van der Waals surface area contributed by atoms with Gasteiger partial charge < -0.3 is 5.32 Å². The lowest BCUT2D eigenvalue weighted by Gasteiger charge is -2.34. The molecule has 0 aliphatic heterocycles. The number of anilines is 1. The predicted molar refractivity (Wildman–Crippen MR) is 94.8 cm³/mol. The number of sulfonamides is 1. The highest BCUT2D eigenvalue weighted by atomic mass is 32.2. The minimum atomic E-state index is -3.85. The van der Waals surface area contributed by atoms with Crippen LogP contribution in [0, 0.1) is 17.0 Å². The van der Waals surface area contributed by atoms with E-state index in [1.807, 2.05) is 34.6 Å². The van der Waals surface area contributed by atoms with Crippen LogP contribution in [0.2, 0.25) is 0 Å². The summed E-state index contributed by atoms with van der Waals surface area (Å²) in [6.07, 6.45) is 1.58. The van der Waals surface area contributed by atoms with Crippen LogP contribution in [0.15, 0.2) is 18.2 Å². The van der Waals surface area contributed by atoms with Gasteiger partial charge in [-0.25, -0.2) is 17.2 Å². The van der Waals surface area contributed by atoms with Gasteiger partial charge >= 0.3 is 0 Å². The summed E-state index contributed by atoms with van der Waals surface area (Å²) in [4.78, 5) is 12.3. The van der Waals surface area contributed by atoms with Crippen LogP contribution in [0.5, 0.6) is 0 Å². The van der Waals surface area contributed by atoms with E-state index >= 15 is 0 Å². The molecule has 1 rings (SSSR count). The van der Waals surface area contributed by atoms with Crippen LogP contribution < -0.4 is 9.62 Å². The molecule has 0 radical (unpaired) electrons. The number of carbonyl (C=O) groups is 1. The second-order valence-corrected chi connectivity index (χ2v) is 9.94. The van der Waals surface area contributed by atoms with Gasteiger partial charge in [0, 0.05) is 11.6 Å². The maximum Gasteiger partial charge on any atom is 0.241 e. The Hall–Kier alpha value is -1.70. The molecule has 0 fully saturated rings. The first-order valence-corrected chi connectivity index (χ1v) is 9.69. The van der Waals surface area contributed by atoms with Crippen LogP contribution in [0.3, 0.4) is 0 Å².